The standard InChI is InChI=1S/C9H14N4O3/c14-7(15)2-1-6-9(16)13-12-8(11-6)5-3-10-4-5/h5-6,10H,1-4H2,(H,11,12)(H,13,16)(H,14,15)/t6-/m1/s1. The number of rotatable bonds is 4. The Balaban J connectivity index is 1.97. The number of hydrogen-bond acceptors (Lipinski definition) is 5. The molecule has 7 heteroatoms. The topological polar surface area (TPSA) is 103 Å². The smallest absolute Gasteiger partial charge is 0.303 e. The fraction of sp³-hybridized carbons (Fsp3) is 0.667. The summed E-state index contributed by atoms with van der Waals surface area (Å²) < 4.78 is 0. The summed E-state index contributed by atoms with van der Waals surface area (Å²) >= 11 is 0. The van der Waals surface area contributed by atoms with E-state index in [1.807, 2.05) is 0 Å². The Morgan fingerprint density at radius 2 is 2.19 bits per heavy atom. The number of nitrogens with one attached hydrogen (secondary N) is 3. The average Bonchev–Trinajstić information content (AvgIpc) is 2.16. The second-order valence-electron chi connectivity index (χ2n) is 3.93. The zero-order valence-electron chi connectivity index (χ0n) is 8.69. The third-order valence-electron chi connectivity index (χ3n) is 2.71. The van der Waals surface area contributed by atoms with Gasteiger partial charge in [0.1, 0.15) is 11.9 Å². The average molecular weight is 226 g/mol. The van der Waals surface area contributed by atoms with Crippen molar-refractivity contribution in [2.45, 2.75) is 18.9 Å². The van der Waals surface area contributed by atoms with Gasteiger partial charge in [-0.15, -0.1) is 0 Å². The summed E-state index contributed by atoms with van der Waals surface area (Å²) in [6.07, 6.45) is 0.199. The minimum absolute atomic E-state index is 0.0439. The summed E-state index contributed by atoms with van der Waals surface area (Å²) in [6.45, 7) is 1.68. The lowest BCUT2D eigenvalue weighted by atomic mass is 10.0. The Kier molecular flexibility index (Phi) is 3.04. The van der Waals surface area contributed by atoms with E-state index in [1.165, 1.54) is 0 Å². The number of carboxylic acid groups (broad SMARTS) is 1. The number of amides is 1. The lowest BCUT2D eigenvalue weighted by Gasteiger charge is -2.32. The van der Waals surface area contributed by atoms with Crippen LogP contribution < -0.4 is 16.2 Å². The summed E-state index contributed by atoms with van der Waals surface area (Å²) in [4.78, 5) is 26.1. The molecule has 0 saturated carbocycles. The number of carbonyl (C=O) groups excluding carboxylic acids is 1. The van der Waals surface area contributed by atoms with Crippen LogP contribution >= 0.6 is 0 Å². The normalized spacial score (nSPS) is 25.1. The van der Waals surface area contributed by atoms with Crippen LogP contribution in [0.3, 0.4) is 0 Å². The second-order valence-corrected chi connectivity index (χ2v) is 3.93. The van der Waals surface area contributed by atoms with E-state index in [1.54, 1.807) is 0 Å². The summed E-state index contributed by atoms with van der Waals surface area (Å²) in [5.74, 6) is -0.132. The third kappa shape index (κ3) is 2.30. The molecule has 4 N–H and O–H groups in total. The highest BCUT2D eigenvalue weighted by Crippen LogP contribution is 2.11. The number of aliphatic imine (C=N–C) groups is 1. The first-order valence-corrected chi connectivity index (χ1v) is 5.23. The van der Waals surface area contributed by atoms with Gasteiger partial charge in [-0.05, 0) is 6.42 Å². The molecule has 2 aliphatic rings. The van der Waals surface area contributed by atoms with Crippen LogP contribution in [0.25, 0.3) is 0 Å². The number of amidine groups is 1. The van der Waals surface area contributed by atoms with Crippen molar-refractivity contribution in [3.8, 4) is 0 Å². The molecule has 0 aromatic rings. The zero-order chi connectivity index (χ0) is 11.5. The molecule has 0 spiro atoms. The van der Waals surface area contributed by atoms with Crippen molar-refractivity contribution in [2.75, 3.05) is 13.1 Å². The van der Waals surface area contributed by atoms with Gasteiger partial charge in [0.25, 0.3) is 5.91 Å². The van der Waals surface area contributed by atoms with E-state index < -0.39 is 12.0 Å². The summed E-state index contributed by atoms with van der Waals surface area (Å²) in [5, 5.41) is 11.7. The highest BCUT2D eigenvalue weighted by Gasteiger charge is 2.30. The van der Waals surface area contributed by atoms with Crippen LogP contribution in [0.2, 0.25) is 0 Å². The fourth-order valence-corrected chi connectivity index (χ4v) is 1.61. The van der Waals surface area contributed by atoms with Crippen molar-refractivity contribution < 1.29 is 14.7 Å². The first-order chi connectivity index (χ1) is 7.66. The molecular weight excluding hydrogens is 212 g/mol. The van der Waals surface area contributed by atoms with Crippen molar-refractivity contribution in [2.24, 2.45) is 10.9 Å². The molecule has 2 rings (SSSR count). The minimum atomic E-state index is -0.909. The first kappa shape index (κ1) is 10.9. The van der Waals surface area contributed by atoms with Gasteiger partial charge in [-0.2, -0.15) is 0 Å². The molecule has 2 heterocycles. The number of hydrazine groups is 1. The summed E-state index contributed by atoms with van der Waals surface area (Å²) in [6, 6.07) is -0.576. The van der Waals surface area contributed by atoms with Crippen molar-refractivity contribution >= 4 is 17.7 Å². The highest BCUT2D eigenvalue weighted by atomic mass is 16.4. The van der Waals surface area contributed by atoms with Crippen molar-refractivity contribution in [3.63, 3.8) is 0 Å². The van der Waals surface area contributed by atoms with E-state index in [0.717, 1.165) is 18.9 Å². The molecule has 2 aliphatic heterocycles. The van der Waals surface area contributed by atoms with Crippen molar-refractivity contribution in [3.05, 3.63) is 0 Å². The van der Waals surface area contributed by atoms with Crippen molar-refractivity contribution in [1.29, 1.82) is 0 Å². The summed E-state index contributed by atoms with van der Waals surface area (Å²) in [7, 11) is 0. The van der Waals surface area contributed by atoms with Crippen LogP contribution in [-0.4, -0.2) is 41.9 Å². The predicted molar refractivity (Wildman–Crippen MR) is 55.7 cm³/mol. The van der Waals surface area contributed by atoms with Crippen LogP contribution in [0.1, 0.15) is 12.8 Å². The number of aliphatic carboxylic acids is 1. The summed E-state index contributed by atoms with van der Waals surface area (Å²) in [5.41, 5.74) is 5.27. The Bertz CT molecular complexity index is 338. The molecule has 16 heavy (non-hydrogen) atoms. The van der Waals surface area contributed by atoms with Crippen LogP contribution in [0.5, 0.6) is 0 Å². The fourth-order valence-electron chi connectivity index (χ4n) is 1.61. The van der Waals surface area contributed by atoms with Crippen LogP contribution in [0.15, 0.2) is 4.99 Å². The molecule has 0 aliphatic carbocycles. The molecular formula is C9H14N4O3. The SMILES string of the molecule is O=C(O)CC[C@H]1N=C(C2CNC2)NNC1=O. The molecule has 7 nitrogen and oxygen atoms in total. The minimum Gasteiger partial charge on any atom is -0.481 e. The van der Waals surface area contributed by atoms with E-state index in [0.29, 0.717) is 5.92 Å². The van der Waals surface area contributed by atoms with Gasteiger partial charge >= 0.3 is 5.97 Å². The molecule has 0 aromatic heterocycles. The van der Waals surface area contributed by atoms with Crippen LogP contribution in [0.4, 0.5) is 0 Å². The van der Waals surface area contributed by atoms with E-state index in [9.17, 15) is 9.59 Å². The highest BCUT2D eigenvalue weighted by molar-refractivity contribution is 5.95. The molecule has 0 unspecified atom stereocenters. The van der Waals surface area contributed by atoms with E-state index in [-0.39, 0.29) is 18.7 Å². The number of carbonyl (C=O) groups is 2. The van der Waals surface area contributed by atoms with Gasteiger partial charge in [0.2, 0.25) is 0 Å². The Hall–Kier alpha value is -1.63. The van der Waals surface area contributed by atoms with Gasteiger partial charge in [0, 0.05) is 25.4 Å². The zero-order valence-corrected chi connectivity index (χ0v) is 8.69. The van der Waals surface area contributed by atoms with E-state index in [4.69, 9.17) is 5.11 Å². The molecule has 0 radical (unpaired) electrons. The molecule has 1 atom stereocenters. The first-order valence-electron chi connectivity index (χ1n) is 5.23. The quantitative estimate of drug-likeness (QED) is 0.466. The third-order valence-corrected chi connectivity index (χ3v) is 2.71. The molecule has 1 fully saturated rings. The second kappa shape index (κ2) is 4.48. The van der Waals surface area contributed by atoms with Gasteiger partial charge in [-0.3, -0.25) is 25.4 Å². The Labute approximate surface area is 92.3 Å². The molecule has 1 saturated heterocycles. The van der Waals surface area contributed by atoms with Crippen LogP contribution in [-0.2, 0) is 9.59 Å². The van der Waals surface area contributed by atoms with Crippen molar-refractivity contribution in [1.82, 2.24) is 16.2 Å². The molecule has 0 bridgehead atoms. The monoisotopic (exact) mass is 226 g/mol. The lowest BCUT2D eigenvalue weighted by Crippen LogP contribution is -2.59. The Morgan fingerprint density at radius 1 is 1.44 bits per heavy atom. The van der Waals surface area contributed by atoms with Gasteiger partial charge < -0.3 is 10.4 Å². The maximum Gasteiger partial charge on any atom is 0.303 e. The maximum atomic E-state index is 11.4. The number of nitrogens with zero attached hydrogens (tertiary/aromatic N) is 1. The number of hydrogen-bond donors (Lipinski definition) is 4. The predicted octanol–water partition coefficient (Wildman–Crippen LogP) is -1.53. The molecule has 88 valence electrons. The van der Waals surface area contributed by atoms with Gasteiger partial charge in [-0.25, -0.2) is 0 Å². The van der Waals surface area contributed by atoms with E-state index in [2.05, 4.69) is 21.2 Å². The molecule has 0 aromatic carbocycles. The van der Waals surface area contributed by atoms with Crippen LogP contribution in [0, 0.1) is 5.92 Å². The van der Waals surface area contributed by atoms with Gasteiger partial charge in [-0.1, -0.05) is 0 Å². The maximum absolute atomic E-state index is 11.4. The Morgan fingerprint density at radius 3 is 2.75 bits per heavy atom. The number of carboxylic acids is 1. The molecule has 1 amide bonds. The lowest BCUT2D eigenvalue weighted by molar-refractivity contribution is -0.137. The largest absolute Gasteiger partial charge is 0.481 e. The van der Waals surface area contributed by atoms with E-state index >= 15 is 0 Å². The van der Waals surface area contributed by atoms with Gasteiger partial charge in [0.05, 0.1) is 0 Å². The van der Waals surface area contributed by atoms with Gasteiger partial charge in [0.15, 0.2) is 0 Å².